The van der Waals surface area contributed by atoms with Crippen LogP contribution in [-0.2, 0) is 6.54 Å². The first kappa shape index (κ1) is 9.61. The third-order valence-electron chi connectivity index (χ3n) is 1.69. The smallest absolute Gasteiger partial charge is 0.112 e. The van der Waals surface area contributed by atoms with Crippen molar-refractivity contribution >= 4 is 33.0 Å². The minimum atomic E-state index is 0.750. The van der Waals surface area contributed by atoms with Crippen LogP contribution in [0.25, 0.3) is 0 Å². The SMILES string of the molecule is Brc1cnccc1NCc1nccs1. The van der Waals surface area contributed by atoms with Gasteiger partial charge < -0.3 is 5.32 Å². The van der Waals surface area contributed by atoms with Gasteiger partial charge in [0.25, 0.3) is 0 Å². The molecule has 14 heavy (non-hydrogen) atoms. The first-order valence-corrected chi connectivity index (χ1v) is 5.75. The highest BCUT2D eigenvalue weighted by Gasteiger charge is 1.99. The third-order valence-corrected chi connectivity index (χ3v) is 3.10. The molecule has 0 aliphatic carbocycles. The fourth-order valence-corrected chi connectivity index (χ4v) is 1.98. The lowest BCUT2D eigenvalue weighted by molar-refractivity contribution is 1.10. The normalized spacial score (nSPS) is 10.1. The maximum absolute atomic E-state index is 4.19. The molecule has 0 aromatic carbocycles. The summed E-state index contributed by atoms with van der Waals surface area (Å²) in [7, 11) is 0. The summed E-state index contributed by atoms with van der Waals surface area (Å²) >= 11 is 5.06. The van der Waals surface area contributed by atoms with Crippen molar-refractivity contribution in [3.8, 4) is 0 Å². The van der Waals surface area contributed by atoms with E-state index in [1.807, 2.05) is 17.6 Å². The van der Waals surface area contributed by atoms with Gasteiger partial charge in [-0.3, -0.25) is 4.98 Å². The van der Waals surface area contributed by atoms with E-state index in [0.29, 0.717) is 0 Å². The number of nitrogens with zero attached hydrogens (tertiary/aromatic N) is 2. The van der Waals surface area contributed by atoms with E-state index in [2.05, 4.69) is 31.2 Å². The van der Waals surface area contributed by atoms with E-state index < -0.39 is 0 Å². The van der Waals surface area contributed by atoms with Crippen LogP contribution in [0.4, 0.5) is 5.69 Å². The number of rotatable bonds is 3. The molecule has 2 heterocycles. The standard InChI is InChI=1S/C9H8BrN3S/c10-7-5-11-2-1-8(7)13-6-9-12-3-4-14-9/h1-5H,6H2,(H,11,13). The molecule has 2 aromatic heterocycles. The van der Waals surface area contributed by atoms with Crippen molar-refractivity contribution in [3.63, 3.8) is 0 Å². The zero-order valence-corrected chi connectivity index (χ0v) is 9.68. The van der Waals surface area contributed by atoms with Gasteiger partial charge in [0.15, 0.2) is 0 Å². The molecule has 5 heteroatoms. The van der Waals surface area contributed by atoms with Crippen LogP contribution < -0.4 is 5.32 Å². The Labute approximate surface area is 94.4 Å². The fraction of sp³-hybridized carbons (Fsp3) is 0.111. The molecule has 0 fully saturated rings. The molecular weight excluding hydrogens is 262 g/mol. The summed E-state index contributed by atoms with van der Waals surface area (Å²) in [6.07, 6.45) is 5.34. The fourth-order valence-electron chi connectivity index (χ4n) is 1.03. The molecule has 0 atom stereocenters. The Balaban J connectivity index is 2.02. The van der Waals surface area contributed by atoms with E-state index in [0.717, 1.165) is 21.7 Å². The molecule has 0 aliphatic rings. The van der Waals surface area contributed by atoms with Crippen molar-refractivity contribution < 1.29 is 0 Å². The number of pyridine rings is 1. The van der Waals surface area contributed by atoms with E-state index in [9.17, 15) is 0 Å². The van der Waals surface area contributed by atoms with E-state index in [4.69, 9.17) is 0 Å². The van der Waals surface area contributed by atoms with Crippen LogP contribution in [0.15, 0.2) is 34.5 Å². The van der Waals surface area contributed by atoms with E-state index in [-0.39, 0.29) is 0 Å². The number of hydrogen-bond donors (Lipinski definition) is 1. The van der Waals surface area contributed by atoms with E-state index >= 15 is 0 Å². The summed E-state index contributed by atoms with van der Waals surface area (Å²) in [6.45, 7) is 0.750. The zero-order valence-electron chi connectivity index (χ0n) is 7.27. The lowest BCUT2D eigenvalue weighted by Crippen LogP contribution is -1.99. The summed E-state index contributed by atoms with van der Waals surface area (Å²) in [5, 5.41) is 6.32. The Bertz CT molecular complexity index is 402. The Hall–Kier alpha value is -0.940. The monoisotopic (exact) mass is 269 g/mol. The molecular formula is C9H8BrN3S. The largest absolute Gasteiger partial charge is 0.378 e. The van der Waals surface area contributed by atoms with Gasteiger partial charge in [0.2, 0.25) is 0 Å². The quantitative estimate of drug-likeness (QED) is 0.931. The second-order valence-corrected chi connectivity index (χ2v) is 4.47. The van der Waals surface area contributed by atoms with Crippen LogP contribution in [0.3, 0.4) is 0 Å². The number of halogens is 1. The highest BCUT2D eigenvalue weighted by Crippen LogP contribution is 2.20. The molecule has 3 nitrogen and oxygen atoms in total. The molecule has 0 saturated carbocycles. The third kappa shape index (κ3) is 2.30. The molecule has 0 aliphatic heterocycles. The van der Waals surface area contributed by atoms with Gasteiger partial charge in [0, 0.05) is 24.0 Å². The van der Waals surface area contributed by atoms with Crippen LogP contribution in [-0.4, -0.2) is 9.97 Å². The van der Waals surface area contributed by atoms with Crippen molar-refractivity contribution in [2.45, 2.75) is 6.54 Å². The van der Waals surface area contributed by atoms with Crippen LogP contribution in [0.1, 0.15) is 5.01 Å². The summed E-state index contributed by atoms with van der Waals surface area (Å²) in [4.78, 5) is 8.18. The minimum absolute atomic E-state index is 0.750. The average Bonchev–Trinajstić information content (AvgIpc) is 2.69. The van der Waals surface area contributed by atoms with Gasteiger partial charge in [-0.1, -0.05) is 0 Å². The van der Waals surface area contributed by atoms with Crippen molar-refractivity contribution in [2.24, 2.45) is 0 Å². The highest BCUT2D eigenvalue weighted by molar-refractivity contribution is 9.10. The van der Waals surface area contributed by atoms with Gasteiger partial charge in [-0.2, -0.15) is 0 Å². The minimum Gasteiger partial charge on any atom is -0.378 e. The Morgan fingerprint density at radius 3 is 3.07 bits per heavy atom. The number of hydrogen-bond acceptors (Lipinski definition) is 4. The first-order chi connectivity index (χ1) is 6.86. The maximum atomic E-state index is 4.19. The molecule has 0 radical (unpaired) electrons. The first-order valence-electron chi connectivity index (χ1n) is 4.08. The van der Waals surface area contributed by atoms with Gasteiger partial charge in [-0.25, -0.2) is 4.98 Å². The Kier molecular flexibility index (Phi) is 3.10. The van der Waals surface area contributed by atoms with Crippen LogP contribution in [0.5, 0.6) is 0 Å². The molecule has 0 unspecified atom stereocenters. The van der Waals surface area contributed by atoms with Gasteiger partial charge >= 0.3 is 0 Å². The predicted molar refractivity (Wildman–Crippen MR) is 61.4 cm³/mol. The second kappa shape index (κ2) is 4.52. The molecule has 0 bridgehead atoms. The van der Waals surface area contributed by atoms with Crippen molar-refractivity contribution in [1.82, 2.24) is 9.97 Å². The molecule has 0 amide bonds. The van der Waals surface area contributed by atoms with Crippen LogP contribution in [0, 0.1) is 0 Å². The maximum Gasteiger partial charge on any atom is 0.112 e. The van der Waals surface area contributed by atoms with Crippen molar-refractivity contribution in [1.29, 1.82) is 0 Å². The average molecular weight is 270 g/mol. The number of thiazole rings is 1. The van der Waals surface area contributed by atoms with Gasteiger partial charge in [0.05, 0.1) is 16.7 Å². The van der Waals surface area contributed by atoms with Gasteiger partial charge in [0.1, 0.15) is 5.01 Å². The zero-order chi connectivity index (χ0) is 9.80. The predicted octanol–water partition coefficient (Wildman–Crippen LogP) is 2.91. The second-order valence-electron chi connectivity index (χ2n) is 2.63. The number of nitrogens with one attached hydrogen (secondary N) is 1. The van der Waals surface area contributed by atoms with Gasteiger partial charge in [-0.05, 0) is 22.0 Å². The summed E-state index contributed by atoms with van der Waals surface area (Å²) in [5.74, 6) is 0. The van der Waals surface area contributed by atoms with Crippen LogP contribution in [0.2, 0.25) is 0 Å². The van der Waals surface area contributed by atoms with E-state index in [1.165, 1.54) is 0 Å². The lowest BCUT2D eigenvalue weighted by atomic mass is 10.4. The summed E-state index contributed by atoms with van der Waals surface area (Å²) in [6, 6.07) is 1.93. The Morgan fingerprint density at radius 2 is 2.36 bits per heavy atom. The Morgan fingerprint density at radius 1 is 1.43 bits per heavy atom. The lowest BCUT2D eigenvalue weighted by Gasteiger charge is -2.05. The molecule has 0 saturated heterocycles. The molecule has 0 spiro atoms. The van der Waals surface area contributed by atoms with E-state index in [1.54, 1.807) is 23.7 Å². The van der Waals surface area contributed by atoms with Crippen molar-refractivity contribution in [2.75, 3.05) is 5.32 Å². The topological polar surface area (TPSA) is 37.8 Å². The number of aromatic nitrogens is 2. The summed E-state index contributed by atoms with van der Waals surface area (Å²) < 4.78 is 0.969. The van der Waals surface area contributed by atoms with Crippen LogP contribution >= 0.6 is 27.3 Å². The molecule has 2 rings (SSSR count). The summed E-state index contributed by atoms with van der Waals surface area (Å²) in [5.41, 5.74) is 1.04. The number of anilines is 1. The molecule has 72 valence electrons. The molecule has 1 N–H and O–H groups in total. The molecule has 2 aromatic rings. The highest BCUT2D eigenvalue weighted by atomic mass is 79.9. The van der Waals surface area contributed by atoms with Crippen molar-refractivity contribution in [3.05, 3.63) is 39.5 Å². The van der Waals surface area contributed by atoms with Gasteiger partial charge in [-0.15, -0.1) is 11.3 Å².